The van der Waals surface area contributed by atoms with Crippen molar-refractivity contribution in [3.8, 4) is 5.75 Å². The molecule has 160 valence electrons. The van der Waals surface area contributed by atoms with Gasteiger partial charge in [-0.2, -0.15) is 0 Å². The van der Waals surface area contributed by atoms with E-state index in [4.69, 9.17) is 33.3 Å². The maximum Gasteiger partial charge on any atom is 0.188 e. The molecule has 0 radical (unpaired) electrons. The number of hydrogen-bond donors (Lipinski definition) is 0. The predicted molar refractivity (Wildman–Crippen MR) is 113 cm³/mol. The normalized spacial score (nSPS) is 25.6. The lowest BCUT2D eigenvalue weighted by molar-refractivity contribution is 0.0480. The summed E-state index contributed by atoms with van der Waals surface area (Å²) in [6.07, 6.45) is 0.345. The number of hydrogen-bond acceptors (Lipinski definition) is 5. The van der Waals surface area contributed by atoms with Crippen LogP contribution in [-0.2, 0) is 19.3 Å². The third-order valence-electron chi connectivity index (χ3n) is 5.89. The third kappa shape index (κ3) is 3.29. The SMILES string of the molecule is CC(=S)OC1CC[C@@]2(S(=O)(=O)c3ccc(Cl)cc3)c3c(F)ccc(F)c3OCC2C1. The molecule has 0 amide bonds. The Kier molecular flexibility index (Phi) is 5.53. The molecule has 30 heavy (non-hydrogen) atoms. The van der Waals surface area contributed by atoms with E-state index in [0.717, 1.165) is 12.1 Å². The Hall–Kier alpha value is -1.77. The molecule has 2 unspecified atom stereocenters. The molecule has 0 saturated heterocycles. The number of halogens is 3. The van der Waals surface area contributed by atoms with Gasteiger partial charge in [0.05, 0.1) is 23.2 Å². The van der Waals surface area contributed by atoms with E-state index >= 15 is 4.39 Å². The van der Waals surface area contributed by atoms with Crippen LogP contribution in [0.1, 0.15) is 31.7 Å². The van der Waals surface area contributed by atoms with E-state index in [2.05, 4.69) is 0 Å². The molecule has 3 atom stereocenters. The summed E-state index contributed by atoms with van der Waals surface area (Å²) in [4.78, 5) is -0.00112. The topological polar surface area (TPSA) is 52.6 Å². The quantitative estimate of drug-likeness (QED) is 0.574. The van der Waals surface area contributed by atoms with Gasteiger partial charge < -0.3 is 9.47 Å². The van der Waals surface area contributed by atoms with Crippen LogP contribution in [-0.4, -0.2) is 26.2 Å². The highest BCUT2D eigenvalue weighted by Crippen LogP contribution is 2.56. The number of benzene rings is 2. The Balaban J connectivity index is 1.93. The van der Waals surface area contributed by atoms with Gasteiger partial charge in [0.15, 0.2) is 26.5 Å². The van der Waals surface area contributed by atoms with E-state index in [0.29, 0.717) is 16.5 Å². The van der Waals surface area contributed by atoms with Crippen molar-refractivity contribution in [2.24, 2.45) is 5.92 Å². The second kappa shape index (κ2) is 7.73. The van der Waals surface area contributed by atoms with E-state index in [1.807, 2.05) is 0 Å². The van der Waals surface area contributed by atoms with Gasteiger partial charge in [0.25, 0.3) is 0 Å². The molecule has 4 nitrogen and oxygen atoms in total. The van der Waals surface area contributed by atoms with Crippen LogP contribution in [0.15, 0.2) is 41.3 Å². The predicted octanol–water partition coefficient (Wildman–Crippen LogP) is 5.21. The molecule has 0 spiro atoms. The average Bonchev–Trinajstić information content (AvgIpc) is 2.70. The van der Waals surface area contributed by atoms with Crippen LogP contribution in [0.2, 0.25) is 5.02 Å². The zero-order valence-electron chi connectivity index (χ0n) is 16.0. The number of rotatable bonds is 3. The van der Waals surface area contributed by atoms with Crippen LogP contribution in [0, 0.1) is 17.6 Å². The Labute approximate surface area is 184 Å². The Bertz CT molecular complexity index is 1100. The lowest BCUT2D eigenvalue weighted by Gasteiger charge is -2.48. The lowest BCUT2D eigenvalue weighted by atomic mass is 9.72. The Morgan fingerprint density at radius 3 is 2.53 bits per heavy atom. The molecule has 1 saturated carbocycles. The van der Waals surface area contributed by atoms with Gasteiger partial charge >= 0.3 is 0 Å². The first kappa shape index (κ1) is 21.5. The first-order chi connectivity index (χ1) is 14.2. The highest BCUT2D eigenvalue weighted by Gasteiger charge is 2.60. The second-order valence-electron chi connectivity index (χ2n) is 7.59. The van der Waals surface area contributed by atoms with Crippen molar-refractivity contribution in [2.75, 3.05) is 6.61 Å². The van der Waals surface area contributed by atoms with Crippen molar-refractivity contribution in [3.05, 3.63) is 58.6 Å². The number of sulfone groups is 1. The van der Waals surface area contributed by atoms with E-state index < -0.39 is 32.1 Å². The average molecular weight is 473 g/mol. The Morgan fingerprint density at radius 1 is 1.20 bits per heavy atom. The molecule has 4 rings (SSSR count). The summed E-state index contributed by atoms with van der Waals surface area (Å²) in [7, 11) is -4.14. The minimum atomic E-state index is -4.14. The highest BCUT2D eigenvalue weighted by atomic mass is 35.5. The summed E-state index contributed by atoms with van der Waals surface area (Å²) in [6, 6.07) is 7.60. The molecule has 0 bridgehead atoms. The third-order valence-corrected chi connectivity index (χ3v) is 8.83. The van der Waals surface area contributed by atoms with E-state index in [9.17, 15) is 12.8 Å². The van der Waals surface area contributed by atoms with Crippen LogP contribution in [0.3, 0.4) is 0 Å². The standard InChI is InChI=1S/C21H19ClF2O4S2/c1-12(29)28-15-8-9-21(30(25,26)16-4-2-14(22)3-5-16)13(10-15)11-27-20-18(24)7-6-17(23)19(20)21/h2-7,13,15H,8-11H2,1H3/t13?,15?,21-/m0/s1. The number of fused-ring (bicyclic) bond motifs is 3. The molecule has 2 aliphatic rings. The first-order valence-corrected chi connectivity index (χ1v) is 11.7. The van der Waals surface area contributed by atoms with E-state index in [1.165, 1.54) is 24.3 Å². The molecule has 0 N–H and O–H groups in total. The van der Waals surface area contributed by atoms with Gasteiger partial charge in [0, 0.05) is 17.9 Å². The maximum atomic E-state index is 15.1. The van der Waals surface area contributed by atoms with Crippen molar-refractivity contribution in [3.63, 3.8) is 0 Å². The minimum Gasteiger partial charge on any atom is -0.490 e. The van der Waals surface area contributed by atoms with Gasteiger partial charge in [-0.25, -0.2) is 17.2 Å². The largest absolute Gasteiger partial charge is 0.490 e. The van der Waals surface area contributed by atoms with Crippen molar-refractivity contribution in [1.82, 2.24) is 0 Å². The van der Waals surface area contributed by atoms with Crippen LogP contribution in [0.4, 0.5) is 8.78 Å². The van der Waals surface area contributed by atoms with E-state index in [-0.39, 0.29) is 41.8 Å². The maximum absolute atomic E-state index is 15.1. The molecule has 1 aliphatic heterocycles. The molecule has 2 aromatic rings. The fourth-order valence-electron chi connectivity index (χ4n) is 4.64. The van der Waals surface area contributed by atoms with Gasteiger partial charge in [-0.1, -0.05) is 11.6 Å². The molecule has 1 heterocycles. The second-order valence-corrected chi connectivity index (χ2v) is 10.8. The van der Waals surface area contributed by atoms with Gasteiger partial charge in [-0.15, -0.1) is 0 Å². The zero-order valence-corrected chi connectivity index (χ0v) is 18.4. The fraction of sp³-hybridized carbons (Fsp3) is 0.381. The summed E-state index contributed by atoms with van der Waals surface area (Å²) in [5.41, 5.74) is -0.244. The Morgan fingerprint density at radius 2 is 1.87 bits per heavy atom. The van der Waals surface area contributed by atoms with Crippen molar-refractivity contribution in [1.29, 1.82) is 0 Å². The molecule has 1 aliphatic carbocycles. The number of ether oxygens (including phenoxy) is 2. The zero-order chi connectivity index (χ0) is 21.7. The molecule has 2 aromatic carbocycles. The highest BCUT2D eigenvalue weighted by molar-refractivity contribution is 7.92. The summed E-state index contributed by atoms with van der Waals surface area (Å²) >= 11 is 10.9. The summed E-state index contributed by atoms with van der Waals surface area (Å²) in [5.74, 6) is -2.58. The number of thiocarbonyl (C=S) groups is 1. The summed E-state index contributed by atoms with van der Waals surface area (Å²) in [6.45, 7) is 1.57. The molecular weight excluding hydrogens is 454 g/mol. The van der Waals surface area contributed by atoms with Crippen LogP contribution in [0.25, 0.3) is 0 Å². The minimum absolute atomic E-state index is 0.00112. The van der Waals surface area contributed by atoms with Gasteiger partial charge in [0.1, 0.15) is 10.6 Å². The first-order valence-electron chi connectivity index (χ1n) is 9.45. The molecular formula is C21H19ClF2O4S2. The van der Waals surface area contributed by atoms with Crippen molar-refractivity contribution in [2.45, 2.75) is 41.9 Å². The van der Waals surface area contributed by atoms with Gasteiger partial charge in [0.2, 0.25) is 0 Å². The van der Waals surface area contributed by atoms with Crippen LogP contribution < -0.4 is 4.74 Å². The fourth-order valence-corrected chi connectivity index (χ4v) is 7.27. The summed E-state index contributed by atoms with van der Waals surface area (Å²) in [5, 5.41) is 0.726. The lowest BCUT2D eigenvalue weighted by Crippen LogP contribution is -2.53. The van der Waals surface area contributed by atoms with Crippen molar-refractivity contribution < 1.29 is 26.7 Å². The van der Waals surface area contributed by atoms with Crippen molar-refractivity contribution >= 4 is 38.7 Å². The van der Waals surface area contributed by atoms with Gasteiger partial charge in [-0.3, -0.25) is 0 Å². The van der Waals surface area contributed by atoms with Gasteiger partial charge in [-0.05, 0) is 67.9 Å². The molecule has 9 heteroatoms. The molecule has 0 aromatic heterocycles. The van der Waals surface area contributed by atoms with Crippen LogP contribution in [0.5, 0.6) is 5.75 Å². The molecule has 1 fully saturated rings. The van der Waals surface area contributed by atoms with E-state index in [1.54, 1.807) is 6.92 Å². The smallest absolute Gasteiger partial charge is 0.188 e. The van der Waals surface area contributed by atoms with Crippen LogP contribution >= 0.6 is 23.8 Å². The monoisotopic (exact) mass is 472 g/mol. The summed E-state index contributed by atoms with van der Waals surface area (Å²) < 4.78 is 67.1.